The van der Waals surface area contributed by atoms with Gasteiger partial charge >= 0.3 is 6.18 Å². The molecule has 0 atom stereocenters. The van der Waals surface area contributed by atoms with Gasteiger partial charge in [0.05, 0.1) is 17.0 Å². The molecule has 29 heavy (non-hydrogen) atoms. The normalized spacial score (nSPS) is 15.9. The molecule has 8 heteroatoms. The van der Waals surface area contributed by atoms with Gasteiger partial charge in [-0.1, -0.05) is 26.0 Å². The Hall–Kier alpha value is -2.19. The van der Waals surface area contributed by atoms with Crippen LogP contribution in [0.15, 0.2) is 30.3 Å². The highest BCUT2D eigenvalue weighted by Crippen LogP contribution is 2.31. The number of rotatable bonds is 6. The van der Waals surface area contributed by atoms with Crippen LogP contribution in [0.3, 0.4) is 0 Å². The fraction of sp³-hybridized carbons (Fsp3) is 0.524. The molecule has 0 radical (unpaired) electrons. The van der Waals surface area contributed by atoms with Gasteiger partial charge in [-0.2, -0.15) is 13.2 Å². The monoisotopic (exact) mass is 407 g/mol. The molecule has 0 aliphatic carbocycles. The number of anilines is 1. The first-order valence-electron chi connectivity index (χ1n) is 10.1. The fourth-order valence-electron chi connectivity index (χ4n) is 3.80. The maximum Gasteiger partial charge on any atom is 0.416 e. The quantitative estimate of drug-likeness (QED) is 0.786. The van der Waals surface area contributed by atoms with E-state index in [0.29, 0.717) is 28.9 Å². The van der Waals surface area contributed by atoms with E-state index in [1.54, 1.807) is 6.07 Å². The summed E-state index contributed by atoms with van der Waals surface area (Å²) in [6.07, 6.45) is -2.09. The summed E-state index contributed by atoms with van der Waals surface area (Å²) in [6, 6.07) is 7.38. The van der Waals surface area contributed by atoms with Gasteiger partial charge in [-0.3, -0.25) is 4.90 Å². The largest absolute Gasteiger partial charge is 0.416 e. The Labute approximate surface area is 169 Å². The van der Waals surface area contributed by atoms with E-state index < -0.39 is 11.7 Å². The number of alkyl halides is 3. The lowest BCUT2D eigenvalue weighted by Crippen LogP contribution is -2.50. The summed E-state index contributed by atoms with van der Waals surface area (Å²) in [5, 5.41) is 0. The van der Waals surface area contributed by atoms with Crippen LogP contribution in [-0.4, -0.2) is 47.1 Å². The van der Waals surface area contributed by atoms with Crippen molar-refractivity contribution >= 4 is 5.95 Å². The van der Waals surface area contributed by atoms with Crippen molar-refractivity contribution in [2.75, 3.05) is 31.1 Å². The minimum atomic E-state index is -4.35. The van der Waals surface area contributed by atoms with Gasteiger partial charge in [0, 0.05) is 44.3 Å². The van der Waals surface area contributed by atoms with E-state index in [9.17, 15) is 13.2 Å². The smallest absolute Gasteiger partial charge is 0.338 e. The van der Waals surface area contributed by atoms with Gasteiger partial charge in [0.2, 0.25) is 5.95 Å². The van der Waals surface area contributed by atoms with Crippen molar-refractivity contribution in [3.63, 3.8) is 0 Å². The first-order valence-corrected chi connectivity index (χ1v) is 10.1. The third kappa shape index (κ3) is 5.05. The number of piperazine rings is 1. The zero-order valence-corrected chi connectivity index (χ0v) is 16.9. The Bertz CT molecular complexity index is 795. The molecule has 0 saturated carbocycles. The second-order valence-electron chi connectivity index (χ2n) is 7.32. The highest BCUT2D eigenvalue weighted by atomic mass is 19.4. The number of nitrogens with two attached hydrogens (primary N) is 1. The lowest BCUT2D eigenvalue weighted by molar-refractivity contribution is -0.137. The molecule has 1 saturated heterocycles. The van der Waals surface area contributed by atoms with E-state index >= 15 is 0 Å². The van der Waals surface area contributed by atoms with Gasteiger partial charge in [0.25, 0.3) is 0 Å². The van der Waals surface area contributed by atoms with Crippen LogP contribution in [0.4, 0.5) is 19.1 Å². The third-order valence-electron chi connectivity index (χ3n) is 5.54. The van der Waals surface area contributed by atoms with Crippen LogP contribution in [0, 0.1) is 0 Å². The average molecular weight is 407 g/mol. The summed E-state index contributed by atoms with van der Waals surface area (Å²) >= 11 is 0. The minimum absolute atomic E-state index is 0.247. The molecule has 0 unspecified atom stereocenters. The Balaban J connectivity index is 1.81. The summed E-state index contributed by atoms with van der Waals surface area (Å²) in [4.78, 5) is 13.8. The SMILES string of the molecule is CCC(CC)N1CCN(c2nc(CN)cc(-c3ccc(C(F)(F)F)cc3)n2)CC1. The predicted molar refractivity (Wildman–Crippen MR) is 109 cm³/mol. The molecule has 0 amide bonds. The van der Waals surface area contributed by atoms with Crippen molar-refractivity contribution in [3.05, 3.63) is 41.6 Å². The average Bonchev–Trinajstić information content (AvgIpc) is 2.74. The number of hydrogen-bond donors (Lipinski definition) is 1. The van der Waals surface area contributed by atoms with Crippen molar-refractivity contribution in [3.8, 4) is 11.3 Å². The molecular weight excluding hydrogens is 379 g/mol. The predicted octanol–water partition coefficient (Wildman–Crippen LogP) is 3.93. The van der Waals surface area contributed by atoms with Crippen LogP contribution in [0.2, 0.25) is 0 Å². The van der Waals surface area contributed by atoms with E-state index in [-0.39, 0.29) is 6.54 Å². The second-order valence-corrected chi connectivity index (χ2v) is 7.32. The van der Waals surface area contributed by atoms with Crippen molar-refractivity contribution in [2.45, 2.75) is 45.5 Å². The molecule has 2 heterocycles. The molecule has 1 aromatic carbocycles. The lowest BCUT2D eigenvalue weighted by Gasteiger charge is -2.39. The van der Waals surface area contributed by atoms with Crippen molar-refractivity contribution in [1.82, 2.24) is 14.9 Å². The summed E-state index contributed by atoms with van der Waals surface area (Å²) < 4.78 is 38.5. The molecule has 2 aromatic rings. The molecule has 0 bridgehead atoms. The standard InChI is InChI=1S/C21H28F3N5/c1-3-18(4-2)28-9-11-29(12-10-28)20-26-17(14-25)13-19(27-20)15-5-7-16(8-6-15)21(22,23)24/h5-8,13,18H,3-4,9-12,14,25H2,1-2H3. The van der Waals surface area contributed by atoms with E-state index in [0.717, 1.165) is 51.2 Å². The van der Waals surface area contributed by atoms with Gasteiger partial charge in [-0.15, -0.1) is 0 Å². The maximum atomic E-state index is 12.8. The zero-order valence-electron chi connectivity index (χ0n) is 16.9. The van der Waals surface area contributed by atoms with E-state index in [4.69, 9.17) is 5.73 Å². The van der Waals surface area contributed by atoms with Gasteiger partial charge in [-0.05, 0) is 31.0 Å². The van der Waals surface area contributed by atoms with Crippen LogP contribution in [-0.2, 0) is 12.7 Å². The Morgan fingerprint density at radius 2 is 1.62 bits per heavy atom. The zero-order chi connectivity index (χ0) is 21.0. The second kappa shape index (κ2) is 9.09. The van der Waals surface area contributed by atoms with Gasteiger partial charge in [0.15, 0.2) is 0 Å². The van der Waals surface area contributed by atoms with Crippen molar-refractivity contribution < 1.29 is 13.2 Å². The number of nitrogens with zero attached hydrogens (tertiary/aromatic N) is 4. The topological polar surface area (TPSA) is 58.3 Å². The third-order valence-corrected chi connectivity index (χ3v) is 5.54. The molecular formula is C21H28F3N5. The lowest BCUT2D eigenvalue weighted by atomic mass is 10.1. The summed E-state index contributed by atoms with van der Waals surface area (Å²) in [5.41, 5.74) is 7.01. The molecule has 2 N–H and O–H groups in total. The number of hydrogen-bond acceptors (Lipinski definition) is 5. The Kier molecular flexibility index (Phi) is 6.74. The summed E-state index contributed by atoms with van der Waals surface area (Å²) in [5.74, 6) is 0.590. The van der Waals surface area contributed by atoms with E-state index in [2.05, 4.69) is 33.6 Å². The molecule has 3 rings (SSSR count). The molecule has 158 valence electrons. The van der Waals surface area contributed by atoms with E-state index in [1.165, 1.54) is 12.1 Å². The molecule has 1 aromatic heterocycles. The molecule has 1 fully saturated rings. The molecule has 0 spiro atoms. The Morgan fingerprint density at radius 3 is 2.14 bits per heavy atom. The Morgan fingerprint density at radius 1 is 1.00 bits per heavy atom. The van der Waals surface area contributed by atoms with Gasteiger partial charge in [-0.25, -0.2) is 9.97 Å². The summed E-state index contributed by atoms with van der Waals surface area (Å²) in [6.45, 7) is 8.19. The number of aromatic nitrogens is 2. The van der Waals surface area contributed by atoms with Crippen LogP contribution in [0.5, 0.6) is 0 Å². The maximum absolute atomic E-state index is 12.8. The molecule has 5 nitrogen and oxygen atoms in total. The molecule has 1 aliphatic heterocycles. The number of benzene rings is 1. The summed E-state index contributed by atoms with van der Waals surface area (Å²) in [7, 11) is 0. The van der Waals surface area contributed by atoms with Crippen LogP contribution < -0.4 is 10.6 Å². The highest BCUT2D eigenvalue weighted by molar-refractivity contribution is 5.61. The van der Waals surface area contributed by atoms with Gasteiger partial charge in [0.1, 0.15) is 0 Å². The van der Waals surface area contributed by atoms with Crippen LogP contribution in [0.25, 0.3) is 11.3 Å². The van der Waals surface area contributed by atoms with Crippen molar-refractivity contribution in [1.29, 1.82) is 0 Å². The first-order chi connectivity index (χ1) is 13.9. The van der Waals surface area contributed by atoms with Crippen molar-refractivity contribution in [2.24, 2.45) is 5.73 Å². The minimum Gasteiger partial charge on any atom is -0.338 e. The van der Waals surface area contributed by atoms with Crippen LogP contribution >= 0.6 is 0 Å². The fourth-order valence-corrected chi connectivity index (χ4v) is 3.80. The van der Waals surface area contributed by atoms with E-state index in [1.807, 2.05) is 0 Å². The number of halogens is 3. The van der Waals surface area contributed by atoms with Crippen LogP contribution in [0.1, 0.15) is 37.9 Å². The molecule has 1 aliphatic rings. The van der Waals surface area contributed by atoms with Gasteiger partial charge < -0.3 is 10.6 Å². The highest BCUT2D eigenvalue weighted by Gasteiger charge is 2.30. The first kappa shape index (κ1) is 21.5.